The van der Waals surface area contributed by atoms with Gasteiger partial charge in [-0.25, -0.2) is 9.78 Å². The van der Waals surface area contributed by atoms with Gasteiger partial charge in [-0.1, -0.05) is 12.1 Å². The fourth-order valence-corrected chi connectivity index (χ4v) is 3.08. The number of H-pyrrole nitrogens is 1. The summed E-state index contributed by atoms with van der Waals surface area (Å²) in [5, 5.41) is 13.3. The van der Waals surface area contributed by atoms with Gasteiger partial charge in [-0.05, 0) is 52.2 Å². The second-order valence-electron chi connectivity index (χ2n) is 7.35. The number of nitrogens with zero attached hydrogens (tertiary/aromatic N) is 2. The number of benzene rings is 1. The van der Waals surface area contributed by atoms with Crippen LogP contribution in [-0.2, 0) is 4.74 Å². The summed E-state index contributed by atoms with van der Waals surface area (Å²) in [6.07, 6.45) is 4.15. The topological polar surface area (TPSA) is 91.9 Å². The molecule has 1 aliphatic rings. The van der Waals surface area contributed by atoms with Crippen molar-refractivity contribution in [2.45, 2.75) is 57.7 Å². The summed E-state index contributed by atoms with van der Waals surface area (Å²) < 4.78 is 5.37. The fourth-order valence-electron chi connectivity index (χ4n) is 3.08. The summed E-state index contributed by atoms with van der Waals surface area (Å²) in [5.74, 6) is 0.735. The summed E-state index contributed by atoms with van der Waals surface area (Å²) >= 11 is 0. The standard InChI is InChI=1S/C18H25N5O2/c1-18(2,3)25-17(24)22-15-9-5-8-14(15)21-13-7-4-6-12(10-13)16-19-11-20-23-16/h4,6-7,10-11,14-15,21H,5,8-9H2,1-3H3,(H,22,24)(H,19,20,23)/t14-,15+/m1/s1. The Kier molecular flexibility index (Phi) is 4.92. The largest absolute Gasteiger partial charge is 0.444 e. The number of carbonyl (C=O) groups is 1. The van der Waals surface area contributed by atoms with Crippen LogP contribution >= 0.6 is 0 Å². The second-order valence-corrected chi connectivity index (χ2v) is 7.35. The number of rotatable bonds is 4. The van der Waals surface area contributed by atoms with Gasteiger partial charge in [0.1, 0.15) is 11.9 Å². The van der Waals surface area contributed by atoms with Crippen LogP contribution in [0.4, 0.5) is 10.5 Å². The van der Waals surface area contributed by atoms with Gasteiger partial charge >= 0.3 is 6.09 Å². The molecule has 1 aliphatic carbocycles. The van der Waals surface area contributed by atoms with Crippen LogP contribution in [0.3, 0.4) is 0 Å². The molecule has 0 radical (unpaired) electrons. The number of nitrogens with one attached hydrogen (secondary N) is 3. The molecule has 3 N–H and O–H groups in total. The molecule has 0 saturated heterocycles. The average molecular weight is 343 g/mol. The molecule has 25 heavy (non-hydrogen) atoms. The maximum Gasteiger partial charge on any atom is 0.407 e. The maximum absolute atomic E-state index is 12.0. The van der Waals surface area contributed by atoms with E-state index in [1.165, 1.54) is 6.33 Å². The highest BCUT2D eigenvalue weighted by Gasteiger charge is 2.30. The molecule has 1 saturated carbocycles. The Morgan fingerprint density at radius 2 is 2.08 bits per heavy atom. The molecule has 1 aromatic carbocycles. The molecule has 7 nitrogen and oxygen atoms in total. The molecule has 2 aromatic rings. The molecule has 3 rings (SSSR count). The molecule has 0 spiro atoms. The van der Waals surface area contributed by atoms with E-state index in [1.807, 2.05) is 45.0 Å². The van der Waals surface area contributed by atoms with Gasteiger partial charge in [0.15, 0.2) is 5.82 Å². The van der Waals surface area contributed by atoms with Crippen LogP contribution < -0.4 is 10.6 Å². The summed E-state index contributed by atoms with van der Waals surface area (Å²) in [5.41, 5.74) is 1.48. The van der Waals surface area contributed by atoms with Gasteiger partial charge in [0.05, 0.1) is 6.04 Å². The monoisotopic (exact) mass is 343 g/mol. The maximum atomic E-state index is 12.0. The van der Waals surface area contributed by atoms with E-state index in [-0.39, 0.29) is 18.2 Å². The minimum atomic E-state index is -0.489. The van der Waals surface area contributed by atoms with Crippen LogP contribution in [0.2, 0.25) is 0 Å². The normalized spacial score (nSPS) is 20.3. The molecule has 0 aliphatic heterocycles. The Balaban J connectivity index is 1.64. The third kappa shape index (κ3) is 4.71. The molecular formula is C18H25N5O2. The summed E-state index contributed by atoms with van der Waals surface area (Å²) in [6, 6.07) is 8.25. The van der Waals surface area contributed by atoms with Crippen LogP contribution in [0.5, 0.6) is 0 Å². The highest BCUT2D eigenvalue weighted by Crippen LogP contribution is 2.25. The van der Waals surface area contributed by atoms with Crippen molar-refractivity contribution in [1.82, 2.24) is 20.5 Å². The van der Waals surface area contributed by atoms with Crippen molar-refractivity contribution in [3.05, 3.63) is 30.6 Å². The number of amides is 1. The second kappa shape index (κ2) is 7.13. The molecule has 1 aromatic heterocycles. The van der Waals surface area contributed by atoms with Gasteiger partial charge in [0, 0.05) is 17.3 Å². The lowest BCUT2D eigenvalue weighted by Gasteiger charge is -2.26. The highest BCUT2D eigenvalue weighted by atomic mass is 16.6. The van der Waals surface area contributed by atoms with Crippen molar-refractivity contribution in [2.24, 2.45) is 0 Å². The zero-order valence-corrected chi connectivity index (χ0v) is 14.9. The van der Waals surface area contributed by atoms with Crippen LogP contribution in [-0.4, -0.2) is 39.0 Å². The minimum absolute atomic E-state index is 0.0591. The predicted molar refractivity (Wildman–Crippen MR) is 96.2 cm³/mol. The predicted octanol–water partition coefficient (Wildman–Crippen LogP) is 3.33. The first-order chi connectivity index (χ1) is 11.9. The zero-order valence-electron chi connectivity index (χ0n) is 14.9. The van der Waals surface area contributed by atoms with Crippen molar-refractivity contribution < 1.29 is 9.53 Å². The van der Waals surface area contributed by atoms with Gasteiger partial charge in [0.2, 0.25) is 0 Å². The van der Waals surface area contributed by atoms with E-state index in [9.17, 15) is 4.79 Å². The summed E-state index contributed by atoms with van der Waals surface area (Å²) in [7, 11) is 0. The zero-order chi connectivity index (χ0) is 17.9. The molecule has 1 fully saturated rings. The molecule has 0 unspecified atom stereocenters. The van der Waals surface area contributed by atoms with E-state index in [0.717, 1.165) is 36.3 Å². The first-order valence-electron chi connectivity index (χ1n) is 8.62. The molecule has 0 bridgehead atoms. The fraction of sp³-hybridized carbons (Fsp3) is 0.500. The number of hydrogen-bond donors (Lipinski definition) is 3. The number of hydrogen-bond acceptors (Lipinski definition) is 5. The molecule has 2 atom stereocenters. The molecule has 7 heteroatoms. The average Bonchev–Trinajstić information content (AvgIpc) is 3.18. The molecular weight excluding hydrogens is 318 g/mol. The lowest BCUT2D eigenvalue weighted by atomic mass is 10.1. The number of anilines is 1. The smallest absolute Gasteiger partial charge is 0.407 e. The van der Waals surface area contributed by atoms with Crippen LogP contribution in [0.25, 0.3) is 11.4 Å². The third-order valence-corrected chi connectivity index (χ3v) is 4.12. The van der Waals surface area contributed by atoms with E-state index in [4.69, 9.17) is 4.74 Å². The SMILES string of the molecule is CC(C)(C)OC(=O)N[C@H]1CCC[C@H]1Nc1cccc(-c2ncn[nH]2)c1. The summed E-state index contributed by atoms with van der Waals surface area (Å²) in [6.45, 7) is 5.60. The first-order valence-corrected chi connectivity index (χ1v) is 8.62. The third-order valence-electron chi connectivity index (χ3n) is 4.12. The Bertz CT molecular complexity index is 709. The minimum Gasteiger partial charge on any atom is -0.444 e. The van der Waals surface area contributed by atoms with Crippen molar-refractivity contribution >= 4 is 11.8 Å². The van der Waals surface area contributed by atoms with Crippen molar-refractivity contribution in [1.29, 1.82) is 0 Å². The van der Waals surface area contributed by atoms with E-state index in [1.54, 1.807) is 0 Å². The Morgan fingerprint density at radius 3 is 2.80 bits per heavy atom. The Labute approximate surface area is 147 Å². The Morgan fingerprint density at radius 1 is 1.28 bits per heavy atom. The number of aromatic nitrogens is 3. The van der Waals surface area contributed by atoms with Gasteiger partial charge in [-0.3, -0.25) is 5.10 Å². The molecule has 1 amide bonds. The lowest BCUT2D eigenvalue weighted by molar-refractivity contribution is 0.0503. The van der Waals surface area contributed by atoms with Gasteiger partial charge in [0.25, 0.3) is 0 Å². The van der Waals surface area contributed by atoms with Crippen molar-refractivity contribution in [3.8, 4) is 11.4 Å². The van der Waals surface area contributed by atoms with Gasteiger partial charge in [-0.15, -0.1) is 0 Å². The molecule has 134 valence electrons. The molecule has 1 heterocycles. The van der Waals surface area contributed by atoms with Crippen LogP contribution in [0, 0.1) is 0 Å². The van der Waals surface area contributed by atoms with E-state index < -0.39 is 5.60 Å². The van der Waals surface area contributed by atoms with Gasteiger partial charge < -0.3 is 15.4 Å². The van der Waals surface area contributed by atoms with Crippen molar-refractivity contribution in [3.63, 3.8) is 0 Å². The quantitative estimate of drug-likeness (QED) is 0.792. The van der Waals surface area contributed by atoms with Crippen LogP contribution in [0.15, 0.2) is 30.6 Å². The van der Waals surface area contributed by atoms with Gasteiger partial charge in [-0.2, -0.15) is 5.10 Å². The lowest BCUT2D eigenvalue weighted by Crippen LogP contribution is -2.45. The van der Waals surface area contributed by atoms with E-state index >= 15 is 0 Å². The van der Waals surface area contributed by atoms with Crippen LogP contribution in [0.1, 0.15) is 40.0 Å². The number of ether oxygens (including phenoxy) is 1. The van der Waals surface area contributed by atoms with E-state index in [0.29, 0.717) is 0 Å². The number of carbonyl (C=O) groups excluding carboxylic acids is 1. The van der Waals surface area contributed by atoms with Crippen molar-refractivity contribution in [2.75, 3.05) is 5.32 Å². The number of aromatic amines is 1. The highest BCUT2D eigenvalue weighted by molar-refractivity contribution is 5.68. The van der Waals surface area contributed by atoms with E-state index in [2.05, 4.69) is 25.8 Å². The first kappa shape index (κ1) is 17.3. The summed E-state index contributed by atoms with van der Waals surface area (Å²) in [4.78, 5) is 16.2. The number of alkyl carbamates (subject to hydrolysis) is 1. The Hall–Kier alpha value is -2.57.